The number of nitrogens with zero attached hydrogens (tertiary/aromatic N) is 3. The molecule has 0 spiro atoms. The number of halogens is 1. The van der Waals surface area contributed by atoms with E-state index in [1.165, 1.54) is 0 Å². The molecular formula is C17H21ClN4O2. The summed E-state index contributed by atoms with van der Waals surface area (Å²) in [7, 11) is 0. The van der Waals surface area contributed by atoms with Crippen LogP contribution >= 0.6 is 11.6 Å². The van der Waals surface area contributed by atoms with Gasteiger partial charge in [-0.05, 0) is 50.1 Å². The van der Waals surface area contributed by atoms with E-state index in [0.29, 0.717) is 36.2 Å². The van der Waals surface area contributed by atoms with Gasteiger partial charge in [-0.15, -0.1) is 0 Å². The average molecular weight is 349 g/mol. The molecule has 0 radical (unpaired) electrons. The van der Waals surface area contributed by atoms with Gasteiger partial charge in [0.2, 0.25) is 17.6 Å². The second-order valence-electron chi connectivity index (χ2n) is 6.03. The third-order valence-corrected chi connectivity index (χ3v) is 4.51. The minimum Gasteiger partial charge on any atom is -0.342 e. The number of hydrogen-bond acceptors (Lipinski definition) is 5. The van der Waals surface area contributed by atoms with Crippen molar-refractivity contribution >= 4 is 17.5 Å². The standard InChI is InChI=1S/C17H21ClN4O2/c18-14-7-5-12(6-8-14)16-20-17(24-21-16)13-3-2-10-22(11-13)15(23)4-1-9-19/h5-8,13H,1-4,9-11,19H2. The van der Waals surface area contributed by atoms with E-state index in [-0.39, 0.29) is 11.8 Å². The van der Waals surface area contributed by atoms with Crippen LogP contribution in [0.15, 0.2) is 28.8 Å². The first-order valence-electron chi connectivity index (χ1n) is 8.25. The minimum absolute atomic E-state index is 0.0918. The predicted molar refractivity (Wildman–Crippen MR) is 91.6 cm³/mol. The fourth-order valence-electron chi connectivity index (χ4n) is 2.93. The van der Waals surface area contributed by atoms with E-state index >= 15 is 0 Å². The van der Waals surface area contributed by atoms with E-state index < -0.39 is 0 Å². The van der Waals surface area contributed by atoms with Gasteiger partial charge in [0.05, 0.1) is 5.92 Å². The van der Waals surface area contributed by atoms with Crippen LogP contribution < -0.4 is 5.73 Å². The van der Waals surface area contributed by atoms with Crippen molar-refractivity contribution in [3.05, 3.63) is 35.2 Å². The Morgan fingerprint density at radius 3 is 2.92 bits per heavy atom. The van der Waals surface area contributed by atoms with Crippen LogP contribution in [0.25, 0.3) is 11.4 Å². The molecule has 1 amide bonds. The van der Waals surface area contributed by atoms with Gasteiger partial charge < -0.3 is 15.2 Å². The maximum absolute atomic E-state index is 12.2. The smallest absolute Gasteiger partial charge is 0.231 e. The predicted octanol–water partition coefficient (Wildman–Crippen LogP) is 2.83. The molecule has 1 aliphatic heterocycles. The zero-order valence-electron chi connectivity index (χ0n) is 13.4. The molecule has 0 aliphatic carbocycles. The number of benzene rings is 1. The Bertz CT molecular complexity index is 686. The quantitative estimate of drug-likeness (QED) is 0.898. The molecule has 1 aromatic heterocycles. The summed E-state index contributed by atoms with van der Waals surface area (Å²) in [4.78, 5) is 18.6. The second-order valence-corrected chi connectivity index (χ2v) is 6.47. The summed E-state index contributed by atoms with van der Waals surface area (Å²) in [5.41, 5.74) is 6.34. The normalized spacial score (nSPS) is 17.9. The summed E-state index contributed by atoms with van der Waals surface area (Å²) in [6.45, 7) is 1.96. The molecule has 1 aliphatic rings. The minimum atomic E-state index is 0.0918. The Morgan fingerprint density at radius 2 is 2.17 bits per heavy atom. The van der Waals surface area contributed by atoms with Crippen molar-refractivity contribution in [2.75, 3.05) is 19.6 Å². The molecule has 2 heterocycles. The van der Waals surface area contributed by atoms with Gasteiger partial charge in [-0.2, -0.15) is 4.98 Å². The Kier molecular flexibility index (Phi) is 5.48. The third-order valence-electron chi connectivity index (χ3n) is 4.26. The summed E-state index contributed by atoms with van der Waals surface area (Å²) >= 11 is 5.90. The van der Waals surface area contributed by atoms with Crippen LogP contribution in [0.4, 0.5) is 0 Å². The van der Waals surface area contributed by atoms with Crippen LogP contribution in [-0.2, 0) is 4.79 Å². The van der Waals surface area contributed by atoms with E-state index in [9.17, 15) is 4.79 Å². The van der Waals surface area contributed by atoms with Crippen LogP contribution in [0.5, 0.6) is 0 Å². The van der Waals surface area contributed by atoms with Gasteiger partial charge in [-0.25, -0.2) is 0 Å². The highest BCUT2D eigenvalue weighted by atomic mass is 35.5. The fraction of sp³-hybridized carbons (Fsp3) is 0.471. The van der Waals surface area contributed by atoms with Crippen molar-refractivity contribution in [2.24, 2.45) is 5.73 Å². The van der Waals surface area contributed by atoms with Crippen molar-refractivity contribution in [2.45, 2.75) is 31.6 Å². The van der Waals surface area contributed by atoms with Crippen molar-refractivity contribution in [1.82, 2.24) is 15.0 Å². The van der Waals surface area contributed by atoms with Crippen LogP contribution in [-0.4, -0.2) is 40.6 Å². The molecule has 128 valence electrons. The van der Waals surface area contributed by atoms with Crippen molar-refractivity contribution < 1.29 is 9.32 Å². The lowest BCUT2D eigenvalue weighted by molar-refractivity contribution is -0.132. The number of amides is 1. The molecule has 1 aromatic carbocycles. The first kappa shape index (κ1) is 16.9. The summed E-state index contributed by atoms with van der Waals surface area (Å²) < 4.78 is 5.45. The largest absolute Gasteiger partial charge is 0.342 e. The Hall–Kier alpha value is -1.92. The van der Waals surface area contributed by atoms with Crippen LogP contribution in [0.1, 0.15) is 37.5 Å². The highest BCUT2D eigenvalue weighted by Crippen LogP contribution is 2.28. The van der Waals surface area contributed by atoms with Crippen molar-refractivity contribution in [1.29, 1.82) is 0 Å². The van der Waals surface area contributed by atoms with E-state index in [1.54, 1.807) is 12.1 Å². The molecule has 1 fully saturated rings. The Labute approximate surface area is 146 Å². The van der Waals surface area contributed by atoms with Gasteiger partial charge in [-0.1, -0.05) is 16.8 Å². The summed E-state index contributed by atoms with van der Waals surface area (Å²) in [6.07, 6.45) is 3.12. The number of piperidine rings is 1. The highest BCUT2D eigenvalue weighted by molar-refractivity contribution is 6.30. The van der Waals surface area contributed by atoms with Gasteiger partial charge >= 0.3 is 0 Å². The molecule has 0 saturated carbocycles. The molecule has 1 atom stereocenters. The Balaban J connectivity index is 1.68. The molecule has 2 aromatic rings. The van der Waals surface area contributed by atoms with Gasteiger partial charge in [0.15, 0.2) is 0 Å². The van der Waals surface area contributed by atoms with Gasteiger partial charge in [0, 0.05) is 30.1 Å². The van der Waals surface area contributed by atoms with Crippen molar-refractivity contribution in [3.63, 3.8) is 0 Å². The Morgan fingerprint density at radius 1 is 1.38 bits per heavy atom. The molecule has 2 N–H and O–H groups in total. The van der Waals surface area contributed by atoms with Crippen LogP contribution in [0, 0.1) is 0 Å². The molecule has 6 nitrogen and oxygen atoms in total. The third kappa shape index (κ3) is 3.94. The maximum atomic E-state index is 12.2. The zero-order chi connectivity index (χ0) is 16.9. The number of carbonyl (C=O) groups is 1. The highest BCUT2D eigenvalue weighted by Gasteiger charge is 2.28. The number of likely N-dealkylation sites (tertiary alicyclic amines) is 1. The lowest BCUT2D eigenvalue weighted by atomic mass is 9.97. The fourth-order valence-corrected chi connectivity index (χ4v) is 3.06. The second kappa shape index (κ2) is 7.77. The molecular weight excluding hydrogens is 328 g/mol. The number of hydrogen-bond donors (Lipinski definition) is 1. The summed E-state index contributed by atoms with van der Waals surface area (Å²) in [5, 5.41) is 4.73. The van der Waals surface area contributed by atoms with E-state index in [2.05, 4.69) is 10.1 Å². The van der Waals surface area contributed by atoms with E-state index in [4.69, 9.17) is 21.9 Å². The number of nitrogens with two attached hydrogens (primary N) is 1. The molecule has 7 heteroatoms. The van der Waals surface area contributed by atoms with Crippen LogP contribution in [0.3, 0.4) is 0 Å². The maximum Gasteiger partial charge on any atom is 0.231 e. The molecule has 1 saturated heterocycles. The molecule has 24 heavy (non-hydrogen) atoms. The first-order chi connectivity index (χ1) is 11.7. The topological polar surface area (TPSA) is 85.3 Å². The van der Waals surface area contributed by atoms with Gasteiger partial charge in [0.25, 0.3) is 0 Å². The SMILES string of the molecule is NCCCC(=O)N1CCCC(c2nc(-c3ccc(Cl)cc3)no2)C1. The molecule has 1 unspecified atom stereocenters. The number of rotatable bonds is 5. The summed E-state index contributed by atoms with van der Waals surface area (Å²) in [6, 6.07) is 7.32. The average Bonchev–Trinajstić information content (AvgIpc) is 3.10. The van der Waals surface area contributed by atoms with Crippen LogP contribution in [0.2, 0.25) is 5.02 Å². The molecule has 0 bridgehead atoms. The lowest BCUT2D eigenvalue weighted by Crippen LogP contribution is -2.39. The van der Waals surface area contributed by atoms with E-state index in [0.717, 1.165) is 31.4 Å². The van der Waals surface area contributed by atoms with Gasteiger partial charge in [-0.3, -0.25) is 4.79 Å². The van der Waals surface area contributed by atoms with Gasteiger partial charge in [0.1, 0.15) is 0 Å². The number of carbonyl (C=O) groups excluding carboxylic acids is 1. The van der Waals surface area contributed by atoms with Crippen molar-refractivity contribution in [3.8, 4) is 11.4 Å². The number of aromatic nitrogens is 2. The van der Waals surface area contributed by atoms with E-state index in [1.807, 2.05) is 17.0 Å². The lowest BCUT2D eigenvalue weighted by Gasteiger charge is -2.31. The molecule has 3 rings (SSSR count). The monoisotopic (exact) mass is 348 g/mol. The first-order valence-corrected chi connectivity index (χ1v) is 8.62. The zero-order valence-corrected chi connectivity index (χ0v) is 14.2. The summed E-state index contributed by atoms with van der Waals surface area (Å²) in [5.74, 6) is 1.39.